The number of hydrogen-bond acceptors (Lipinski definition) is 4. The van der Waals surface area contributed by atoms with Gasteiger partial charge in [-0.25, -0.2) is 0 Å². The third kappa shape index (κ3) is 3.68. The number of carbonyl (C=O) groups is 1. The van der Waals surface area contributed by atoms with Gasteiger partial charge in [0.15, 0.2) is 0 Å². The first-order valence-electron chi connectivity index (χ1n) is 7.37. The number of ether oxygens (including phenoxy) is 1. The SMILES string of the molecule is COCCN1CCCN(C(=O)C2(C)CCNC2)CC1. The molecule has 0 spiro atoms. The standard InChI is InChI=1S/C14H27N3O2/c1-14(4-5-15-12-14)13(18)17-7-3-6-16(8-9-17)10-11-19-2/h15H,3-12H2,1-2H3. The molecule has 2 heterocycles. The molecule has 2 aliphatic heterocycles. The molecule has 0 aromatic heterocycles. The molecule has 110 valence electrons. The molecule has 2 rings (SSSR count). The van der Waals surface area contributed by atoms with Crippen LogP contribution < -0.4 is 5.32 Å². The van der Waals surface area contributed by atoms with Crippen LogP contribution in [0.3, 0.4) is 0 Å². The number of nitrogens with one attached hydrogen (secondary N) is 1. The van der Waals surface area contributed by atoms with Crippen LogP contribution in [0.25, 0.3) is 0 Å². The minimum atomic E-state index is -0.179. The summed E-state index contributed by atoms with van der Waals surface area (Å²) in [6.07, 6.45) is 2.04. The molecule has 1 amide bonds. The van der Waals surface area contributed by atoms with Crippen LogP contribution in [0.15, 0.2) is 0 Å². The van der Waals surface area contributed by atoms with Crippen molar-refractivity contribution in [3.05, 3.63) is 0 Å². The van der Waals surface area contributed by atoms with E-state index >= 15 is 0 Å². The highest BCUT2D eigenvalue weighted by molar-refractivity contribution is 5.83. The van der Waals surface area contributed by atoms with Gasteiger partial charge in [0.1, 0.15) is 0 Å². The molecule has 2 fully saturated rings. The van der Waals surface area contributed by atoms with Crippen LogP contribution in [0.1, 0.15) is 19.8 Å². The molecule has 19 heavy (non-hydrogen) atoms. The zero-order valence-corrected chi connectivity index (χ0v) is 12.3. The first-order valence-corrected chi connectivity index (χ1v) is 7.37. The minimum Gasteiger partial charge on any atom is -0.383 e. The van der Waals surface area contributed by atoms with E-state index in [1.54, 1.807) is 7.11 Å². The lowest BCUT2D eigenvalue weighted by Gasteiger charge is -2.30. The monoisotopic (exact) mass is 269 g/mol. The normalized spacial score (nSPS) is 29.5. The predicted molar refractivity (Wildman–Crippen MR) is 75.1 cm³/mol. The Kier molecular flexibility index (Phi) is 5.19. The highest BCUT2D eigenvalue weighted by Gasteiger charge is 2.39. The zero-order chi connectivity index (χ0) is 13.7. The van der Waals surface area contributed by atoms with E-state index in [0.717, 1.165) is 65.3 Å². The summed E-state index contributed by atoms with van der Waals surface area (Å²) in [7, 11) is 1.74. The second kappa shape index (κ2) is 6.68. The van der Waals surface area contributed by atoms with E-state index < -0.39 is 0 Å². The van der Waals surface area contributed by atoms with Gasteiger partial charge < -0.3 is 15.0 Å². The number of nitrogens with zero attached hydrogens (tertiary/aromatic N) is 2. The predicted octanol–water partition coefficient (Wildman–Crippen LogP) is 0.167. The molecule has 0 bridgehead atoms. The molecule has 0 aromatic rings. The third-order valence-corrected chi connectivity index (χ3v) is 4.37. The molecule has 0 aromatic carbocycles. The second-order valence-electron chi connectivity index (χ2n) is 5.97. The summed E-state index contributed by atoms with van der Waals surface area (Å²) >= 11 is 0. The zero-order valence-electron chi connectivity index (χ0n) is 12.3. The molecule has 2 aliphatic rings. The maximum atomic E-state index is 12.6. The van der Waals surface area contributed by atoms with Gasteiger partial charge >= 0.3 is 0 Å². The van der Waals surface area contributed by atoms with Gasteiger partial charge in [-0.05, 0) is 32.9 Å². The lowest BCUT2D eigenvalue weighted by Crippen LogP contribution is -2.45. The minimum absolute atomic E-state index is 0.179. The topological polar surface area (TPSA) is 44.8 Å². The molecule has 2 saturated heterocycles. The first-order chi connectivity index (χ1) is 9.15. The summed E-state index contributed by atoms with van der Waals surface area (Å²) in [6, 6.07) is 0. The molecule has 1 atom stereocenters. The Morgan fingerprint density at radius 2 is 2.16 bits per heavy atom. The van der Waals surface area contributed by atoms with Crippen molar-refractivity contribution in [2.24, 2.45) is 5.41 Å². The van der Waals surface area contributed by atoms with Crippen LogP contribution in [-0.2, 0) is 9.53 Å². The lowest BCUT2D eigenvalue weighted by molar-refractivity contribution is -0.140. The molecule has 1 unspecified atom stereocenters. The van der Waals surface area contributed by atoms with Gasteiger partial charge in [0.25, 0.3) is 0 Å². The van der Waals surface area contributed by atoms with Crippen LogP contribution in [0.4, 0.5) is 0 Å². The largest absolute Gasteiger partial charge is 0.383 e. The van der Waals surface area contributed by atoms with Gasteiger partial charge in [-0.2, -0.15) is 0 Å². The maximum Gasteiger partial charge on any atom is 0.229 e. The van der Waals surface area contributed by atoms with Gasteiger partial charge in [0, 0.05) is 39.8 Å². The van der Waals surface area contributed by atoms with E-state index in [1.165, 1.54) is 0 Å². The fourth-order valence-corrected chi connectivity index (χ4v) is 3.00. The van der Waals surface area contributed by atoms with Crippen molar-refractivity contribution in [2.75, 3.05) is 59.5 Å². The van der Waals surface area contributed by atoms with Gasteiger partial charge in [-0.3, -0.25) is 9.69 Å². The molecule has 1 N–H and O–H groups in total. The Bertz CT molecular complexity index is 303. The van der Waals surface area contributed by atoms with Crippen LogP contribution in [-0.4, -0.2) is 75.2 Å². The quantitative estimate of drug-likeness (QED) is 0.790. The molecular weight excluding hydrogens is 242 g/mol. The smallest absolute Gasteiger partial charge is 0.229 e. The van der Waals surface area contributed by atoms with Gasteiger partial charge in [-0.15, -0.1) is 0 Å². The Morgan fingerprint density at radius 3 is 2.84 bits per heavy atom. The summed E-state index contributed by atoms with van der Waals surface area (Å²) in [6.45, 7) is 9.44. The van der Waals surface area contributed by atoms with Crippen LogP contribution in [0.5, 0.6) is 0 Å². The fraction of sp³-hybridized carbons (Fsp3) is 0.929. The number of rotatable bonds is 4. The summed E-state index contributed by atoms with van der Waals surface area (Å²) in [5, 5.41) is 3.31. The van der Waals surface area contributed by atoms with Crippen molar-refractivity contribution in [1.29, 1.82) is 0 Å². The molecule has 0 radical (unpaired) electrons. The number of hydrogen-bond donors (Lipinski definition) is 1. The second-order valence-corrected chi connectivity index (χ2v) is 5.97. The summed E-state index contributed by atoms with van der Waals surface area (Å²) in [5.41, 5.74) is -0.179. The van der Waals surface area contributed by atoms with Crippen LogP contribution in [0.2, 0.25) is 0 Å². The summed E-state index contributed by atoms with van der Waals surface area (Å²) in [4.78, 5) is 17.1. The van der Waals surface area contributed by atoms with Gasteiger partial charge in [-0.1, -0.05) is 0 Å². The van der Waals surface area contributed by atoms with Crippen molar-refractivity contribution in [1.82, 2.24) is 15.1 Å². The number of amides is 1. The van der Waals surface area contributed by atoms with E-state index in [4.69, 9.17) is 4.74 Å². The van der Waals surface area contributed by atoms with E-state index in [-0.39, 0.29) is 5.41 Å². The Labute approximate surface area is 116 Å². The van der Waals surface area contributed by atoms with Crippen molar-refractivity contribution in [3.63, 3.8) is 0 Å². The van der Waals surface area contributed by atoms with Gasteiger partial charge in [0.2, 0.25) is 5.91 Å². The van der Waals surface area contributed by atoms with Crippen molar-refractivity contribution in [3.8, 4) is 0 Å². The molecule has 5 nitrogen and oxygen atoms in total. The molecular formula is C14H27N3O2. The maximum absolute atomic E-state index is 12.6. The molecule has 0 saturated carbocycles. The van der Waals surface area contributed by atoms with E-state index in [9.17, 15) is 4.79 Å². The molecule has 0 aliphatic carbocycles. The Hall–Kier alpha value is -0.650. The summed E-state index contributed by atoms with van der Waals surface area (Å²) in [5.74, 6) is 0.339. The first kappa shape index (κ1) is 14.8. The van der Waals surface area contributed by atoms with E-state index in [1.807, 2.05) is 0 Å². The third-order valence-electron chi connectivity index (χ3n) is 4.37. The average Bonchev–Trinajstić information content (AvgIpc) is 2.73. The van der Waals surface area contributed by atoms with Crippen molar-refractivity contribution >= 4 is 5.91 Å². The highest BCUT2D eigenvalue weighted by atomic mass is 16.5. The lowest BCUT2D eigenvalue weighted by atomic mass is 9.88. The van der Waals surface area contributed by atoms with Crippen molar-refractivity contribution < 1.29 is 9.53 Å². The number of methoxy groups -OCH3 is 1. The highest BCUT2D eigenvalue weighted by Crippen LogP contribution is 2.27. The van der Waals surface area contributed by atoms with Crippen molar-refractivity contribution in [2.45, 2.75) is 19.8 Å². The number of carbonyl (C=O) groups excluding carboxylic acids is 1. The fourth-order valence-electron chi connectivity index (χ4n) is 3.00. The van der Waals surface area contributed by atoms with Crippen LogP contribution >= 0.6 is 0 Å². The van der Waals surface area contributed by atoms with E-state index in [0.29, 0.717) is 5.91 Å². The van der Waals surface area contributed by atoms with Gasteiger partial charge in [0.05, 0.1) is 12.0 Å². The average molecular weight is 269 g/mol. The van der Waals surface area contributed by atoms with E-state index in [2.05, 4.69) is 22.0 Å². The Morgan fingerprint density at radius 1 is 1.32 bits per heavy atom. The van der Waals surface area contributed by atoms with Crippen LogP contribution in [0, 0.1) is 5.41 Å². The summed E-state index contributed by atoms with van der Waals surface area (Å²) < 4.78 is 5.13. The molecule has 5 heteroatoms. The Balaban J connectivity index is 1.86.